The largest absolute Gasteiger partial charge is 0.550 e. The molecule has 0 fully saturated rings. The third-order valence-electron chi connectivity index (χ3n) is 4.52. The molecule has 1 aliphatic heterocycles. The van der Waals surface area contributed by atoms with Gasteiger partial charge in [-0.05, 0) is 43.5 Å². The van der Waals surface area contributed by atoms with Crippen molar-refractivity contribution in [2.24, 2.45) is 0 Å². The van der Waals surface area contributed by atoms with Crippen LogP contribution in [0.5, 0.6) is 0 Å². The van der Waals surface area contributed by atoms with E-state index in [1.807, 2.05) is 61.5 Å². The fourth-order valence-electron chi connectivity index (χ4n) is 3.39. The molecule has 0 aromatic heterocycles. The Labute approximate surface area is 147 Å². The lowest BCUT2D eigenvalue weighted by Crippen LogP contribution is -2.44. The molecule has 130 valence electrons. The van der Waals surface area contributed by atoms with Crippen molar-refractivity contribution < 1.29 is 14.7 Å². The lowest BCUT2D eigenvalue weighted by Gasteiger charge is -2.40. The van der Waals surface area contributed by atoms with E-state index in [9.17, 15) is 14.7 Å². The molecule has 1 aliphatic rings. The number of carboxylic acids is 1. The Kier molecular flexibility index (Phi) is 5.03. The van der Waals surface area contributed by atoms with Crippen LogP contribution in [0.25, 0.3) is 0 Å². The van der Waals surface area contributed by atoms with Gasteiger partial charge < -0.3 is 20.1 Å². The zero-order valence-electron chi connectivity index (χ0n) is 14.1. The zero-order chi connectivity index (χ0) is 17.8. The van der Waals surface area contributed by atoms with Crippen molar-refractivity contribution in [1.82, 2.24) is 0 Å². The highest BCUT2D eigenvalue weighted by atomic mass is 16.4. The summed E-state index contributed by atoms with van der Waals surface area (Å²) < 4.78 is 0. The molecule has 2 atom stereocenters. The highest BCUT2D eigenvalue weighted by Gasteiger charge is 2.33. The molecule has 1 N–H and O–H groups in total. The highest BCUT2D eigenvalue weighted by molar-refractivity contribution is 5.96. The first kappa shape index (κ1) is 17.0. The molecule has 5 heteroatoms. The first-order chi connectivity index (χ1) is 12.1. The van der Waals surface area contributed by atoms with Gasteiger partial charge in [-0.1, -0.05) is 36.4 Å². The molecule has 0 unspecified atom stereocenters. The number of nitrogens with one attached hydrogen (secondary N) is 1. The highest BCUT2D eigenvalue weighted by Crippen LogP contribution is 2.39. The Hall–Kier alpha value is -2.82. The number of carboxylic acid groups (broad SMARTS) is 1. The summed E-state index contributed by atoms with van der Waals surface area (Å²) in [7, 11) is 0. The van der Waals surface area contributed by atoms with E-state index >= 15 is 0 Å². The van der Waals surface area contributed by atoms with Crippen molar-refractivity contribution in [2.45, 2.75) is 38.3 Å². The average Bonchev–Trinajstić information content (AvgIpc) is 2.61. The maximum absolute atomic E-state index is 12.6. The summed E-state index contributed by atoms with van der Waals surface area (Å²) in [5, 5.41) is 14.2. The zero-order valence-corrected chi connectivity index (χ0v) is 14.1. The summed E-state index contributed by atoms with van der Waals surface area (Å²) >= 11 is 0. The van der Waals surface area contributed by atoms with Gasteiger partial charge in [0, 0.05) is 29.8 Å². The van der Waals surface area contributed by atoms with Crippen LogP contribution in [-0.2, 0) is 9.59 Å². The molecule has 5 nitrogen and oxygen atoms in total. The minimum absolute atomic E-state index is 0.0228. The molecular weight excluding hydrogens is 316 g/mol. The number of benzene rings is 2. The number of carbonyl (C=O) groups is 2. The van der Waals surface area contributed by atoms with Crippen LogP contribution in [-0.4, -0.2) is 17.9 Å². The molecule has 2 aromatic carbocycles. The molecule has 2 aromatic rings. The third-order valence-corrected chi connectivity index (χ3v) is 4.52. The monoisotopic (exact) mass is 337 g/mol. The summed E-state index contributed by atoms with van der Waals surface area (Å²) in [6.07, 6.45) is 0.455. The second-order valence-electron chi connectivity index (χ2n) is 6.34. The topological polar surface area (TPSA) is 72.5 Å². The van der Waals surface area contributed by atoms with Crippen LogP contribution in [0.15, 0.2) is 54.6 Å². The fraction of sp³-hybridized carbons (Fsp3) is 0.300. The predicted molar refractivity (Wildman–Crippen MR) is 95.1 cm³/mol. The number of aliphatic carboxylic acids is 1. The Morgan fingerprint density at radius 1 is 1.08 bits per heavy atom. The van der Waals surface area contributed by atoms with Crippen LogP contribution in [0.2, 0.25) is 0 Å². The van der Waals surface area contributed by atoms with E-state index in [-0.39, 0.29) is 30.8 Å². The Balaban J connectivity index is 1.87. The summed E-state index contributed by atoms with van der Waals surface area (Å²) in [6.45, 7) is 1.99. The van der Waals surface area contributed by atoms with Crippen molar-refractivity contribution in [3.8, 4) is 0 Å². The Bertz CT molecular complexity index is 761. The minimum atomic E-state index is -1.20. The van der Waals surface area contributed by atoms with E-state index in [2.05, 4.69) is 5.32 Å². The number of carbonyl (C=O) groups excluding carboxylic acids is 2. The second kappa shape index (κ2) is 7.38. The first-order valence-electron chi connectivity index (χ1n) is 8.48. The van der Waals surface area contributed by atoms with Gasteiger partial charge in [0.1, 0.15) is 0 Å². The number of hydrogen-bond acceptors (Lipinski definition) is 4. The van der Waals surface area contributed by atoms with Gasteiger partial charge in [0.25, 0.3) is 0 Å². The summed E-state index contributed by atoms with van der Waals surface area (Å²) in [5.41, 5.74) is 2.93. The van der Waals surface area contributed by atoms with Gasteiger partial charge in [-0.15, -0.1) is 0 Å². The maximum Gasteiger partial charge on any atom is 0.227 e. The number of fused-ring (bicyclic) bond motifs is 1. The number of nitrogens with zero attached hydrogens (tertiary/aromatic N) is 1. The number of para-hydroxylation sites is 2. The predicted octanol–water partition coefficient (Wildman–Crippen LogP) is 2.50. The number of rotatable bonds is 5. The van der Waals surface area contributed by atoms with Crippen molar-refractivity contribution in [1.29, 1.82) is 0 Å². The maximum atomic E-state index is 12.6. The van der Waals surface area contributed by atoms with Crippen LogP contribution in [0.1, 0.15) is 37.8 Å². The molecule has 0 spiro atoms. The number of anilines is 2. The van der Waals surface area contributed by atoms with Gasteiger partial charge in [-0.2, -0.15) is 0 Å². The van der Waals surface area contributed by atoms with Gasteiger partial charge >= 0.3 is 0 Å². The van der Waals surface area contributed by atoms with Gasteiger partial charge in [0.2, 0.25) is 5.91 Å². The molecule has 0 saturated carbocycles. The SMILES string of the molecule is C[C@@H]1C[C@@H](Nc2ccccc2)c2ccccc2N1C(=O)CCC(=O)[O-]. The van der Waals surface area contributed by atoms with Crippen molar-refractivity contribution >= 4 is 23.3 Å². The van der Waals surface area contributed by atoms with E-state index in [1.54, 1.807) is 4.90 Å². The Morgan fingerprint density at radius 3 is 2.48 bits per heavy atom. The summed E-state index contributed by atoms with van der Waals surface area (Å²) in [4.78, 5) is 25.0. The lowest BCUT2D eigenvalue weighted by atomic mass is 9.91. The van der Waals surface area contributed by atoms with E-state index < -0.39 is 5.97 Å². The quantitative estimate of drug-likeness (QED) is 0.910. The van der Waals surface area contributed by atoms with Crippen LogP contribution in [0, 0.1) is 0 Å². The van der Waals surface area contributed by atoms with Crippen LogP contribution in [0.4, 0.5) is 11.4 Å². The Morgan fingerprint density at radius 2 is 1.76 bits per heavy atom. The summed E-state index contributed by atoms with van der Waals surface area (Å²) in [5.74, 6) is -1.38. The van der Waals surface area contributed by atoms with Crippen molar-refractivity contribution in [2.75, 3.05) is 10.2 Å². The molecule has 3 rings (SSSR count). The molecule has 1 heterocycles. The second-order valence-corrected chi connectivity index (χ2v) is 6.34. The van der Waals surface area contributed by atoms with Crippen molar-refractivity contribution in [3.05, 3.63) is 60.2 Å². The van der Waals surface area contributed by atoms with Crippen LogP contribution < -0.4 is 15.3 Å². The van der Waals surface area contributed by atoms with Crippen LogP contribution in [0.3, 0.4) is 0 Å². The molecule has 25 heavy (non-hydrogen) atoms. The van der Waals surface area contributed by atoms with E-state index in [4.69, 9.17) is 0 Å². The number of hydrogen-bond donors (Lipinski definition) is 1. The number of amides is 1. The minimum Gasteiger partial charge on any atom is -0.550 e. The van der Waals surface area contributed by atoms with E-state index in [0.717, 1.165) is 23.4 Å². The van der Waals surface area contributed by atoms with Gasteiger partial charge in [0.05, 0.1) is 6.04 Å². The summed E-state index contributed by atoms with van der Waals surface area (Å²) in [6, 6.07) is 17.8. The molecule has 0 aliphatic carbocycles. The molecule has 1 amide bonds. The molecule has 0 bridgehead atoms. The standard InChI is InChI=1S/C20H22N2O3/c1-14-13-17(21-15-7-3-2-4-8-15)16-9-5-6-10-18(16)22(14)19(23)11-12-20(24)25/h2-10,14,17,21H,11-13H2,1H3,(H,24,25)/p-1/t14-,17-/m1/s1. The fourth-order valence-corrected chi connectivity index (χ4v) is 3.39. The average molecular weight is 337 g/mol. The van der Waals surface area contributed by atoms with Gasteiger partial charge in [-0.3, -0.25) is 4.79 Å². The third kappa shape index (κ3) is 3.82. The molecular formula is C20H21N2O3-. The van der Waals surface area contributed by atoms with Gasteiger partial charge in [-0.25, -0.2) is 0 Å². The smallest absolute Gasteiger partial charge is 0.227 e. The van der Waals surface area contributed by atoms with Gasteiger partial charge in [0.15, 0.2) is 0 Å². The van der Waals surface area contributed by atoms with Crippen LogP contribution >= 0.6 is 0 Å². The van der Waals surface area contributed by atoms with E-state index in [0.29, 0.717) is 0 Å². The lowest BCUT2D eigenvalue weighted by molar-refractivity contribution is -0.305. The first-order valence-corrected chi connectivity index (χ1v) is 8.48. The normalized spacial score (nSPS) is 19.2. The van der Waals surface area contributed by atoms with E-state index in [1.165, 1.54) is 0 Å². The molecule has 0 saturated heterocycles. The molecule has 0 radical (unpaired) electrons. The van der Waals surface area contributed by atoms with Crippen molar-refractivity contribution in [3.63, 3.8) is 0 Å².